The molecule has 2 aliphatic heterocycles. The van der Waals surface area contributed by atoms with Gasteiger partial charge in [0.1, 0.15) is 25.9 Å². The predicted molar refractivity (Wildman–Crippen MR) is 400 cm³/mol. The number of pyridine rings is 2. The Balaban J connectivity index is 0.000000344. The number of anilines is 1. The van der Waals surface area contributed by atoms with E-state index in [1.165, 1.54) is 18.9 Å². The predicted octanol–water partition coefficient (Wildman–Crippen LogP) is 7.17. The van der Waals surface area contributed by atoms with Gasteiger partial charge in [0.25, 0.3) is 5.56 Å². The molecule has 0 unspecified atom stereocenters. The first kappa shape index (κ1) is 87.6. The van der Waals surface area contributed by atoms with Crippen molar-refractivity contribution in [3.63, 3.8) is 0 Å². The number of benzene rings is 2. The molecular formula is C77H107N9O20S. The lowest BCUT2D eigenvalue weighted by atomic mass is 9.85. The fourth-order valence-electron chi connectivity index (χ4n) is 11.4. The SMILES string of the molecule is CCC(=O)N[C@@H](CCCCN)C(=O)Nc1ccc(COC(=O)O[C@]2(CC)C(=O)OCc3c2cc2n(c3=O)Cc3c-2nc2ccccc2c3CCN(C(C)=O)C(C)C)cc1.COCC(=O)CCCOCCOCCOCCOCCOCCOCCOCCOCCNC(=O)CCCC#Cc1cnc(SC)nc1. The topological polar surface area (TPSA) is 356 Å². The number of hydrogen-bond acceptors (Lipinski definition) is 25. The van der Waals surface area contributed by atoms with Gasteiger partial charge in [-0.1, -0.05) is 67.8 Å². The van der Waals surface area contributed by atoms with Gasteiger partial charge in [0.2, 0.25) is 29.2 Å². The van der Waals surface area contributed by atoms with Crippen molar-refractivity contribution >= 4 is 69.9 Å². The molecule has 586 valence electrons. The summed E-state index contributed by atoms with van der Waals surface area (Å²) < 4.78 is 66.9. The number of esters is 1. The number of cyclic esters (lactones) is 1. The van der Waals surface area contributed by atoms with Gasteiger partial charge in [-0.2, -0.15) is 0 Å². The fourth-order valence-corrected chi connectivity index (χ4v) is 11.8. The number of fused-ring (bicyclic) bond motifs is 5. The number of carbonyl (C=O) groups is 7. The summed E-state index contributed by atoms with van der Waals surface area (Å²) in [6.45, 7) is 17.9. The summed E-state index contributed by atoms with van der Waals surface area (Å²) in [5.41, 5.74) is 9.07. The Labute approximate surface area is 630 Å². The van der Waals surface area contributed by atoms with Crippen LogP contribution in [0.1, 0.15) is 132 Å². The number of nitrogens with zero attached hydrogens (tertiary/aromatic N) is 5. The van der Waals surface area contributed by atoms with E-state index < -0.39 is 23.8 Å². The third-order valence-electron chi connectivity index (χ3n) is 17.0. The lowest BCUT2D eigenvalue weighted by Gasteiger charge is -2.35. The van der Waals surface area contributed by atoms with Crippen LogP contribution in [-0.2, 0) is 117 Å². The van der Waals surface area contributed by atoms with Crippen LogP contribution in [0.25, 0.3) is 22.3 Å². The van der Waals surface area contributed by atoms with E-state index in [0.717, 1.165) is 39.2 Å². The standard InChI is InChI=1S/C44H52N6O9.C33H55N3O11S/c1-6-38(52)47-36(14-10-11-20-45)40(53)46-29-17-15-28(16-18-29)24-58-43(56)59-44(7-2)34-22-37-39-32(23-50(37)41(54)33(34)25-57-42(44)55)30(19-21-49(26(3)4)27(5)51)31-12-8-9-13-35(31)48-39;1-39-29-31(37)8-6-11-40-13-15-42-17-19-44-21-23-46-25-26-47-24-22-45-20-18-43-16-14-41-12-10-34-32(38)9-5-3-4-7-30-27-35-33(48-2)36-28-30/h8-9,12-13,15-18,22,26,36H,6-7,10-11,14,19-21,23-25,45H2,1-5H3,(H,46,53)(H,47,52);27-28H,3,5-6,8-26,29H2,1-2H3,(H,34,38)/t36-,44-;/m0./s1. The molecule has 4 amide bonds. The van der Waals surface area contributed by atoms with Crippen LogP contribution in [-0.4, -0.2) is 223 Å². The smallest absolute Gasteiger partial charge is 0.457 e. The number of unbranched alkanes of at least 4 members (excludes halogenated alkanes) is 2. The van der Waals surface area contributed by atoms with Crippen LogP contribution < -0.4 is 27.2 Å². The molecule has 5 heterocycles. The van der Waals surface area contributed by atoms with E-state index in [2.05, 4.69) is 37.8 Å². The Morgan fingerprint density at radius 1 is 0.757 bits per heavy atom. The second-order valence-corrected chi connectivity index (χ2v) is 25.9. The van der Waals surface area contributed by atoms with E-state index in [9.17, 15) is 38.4 Å². The highest BCUT2D eigenvalue weighted by Gasteiger charge is 2.51. The van der Waals surface area contributed by atoms with Gasteiger partial charge in [0.05, 0.1) is 134 Å². The van der Waals surface area contributed by atoms with E-state index in [4.69, 9.17) is 67.6 Å². The number of ether oxygens (including phenoxy) is 12. The van der Waals surface area contributed by atoms with Crippen molar-refractivity contribution in [3.8, 4) is 23.2 Å². The Bertz CT molecular complexity index is 3720. The van der Waals surface area contributed by atoms with Crippen molar-refractivity contribution in [1.29, 1.82) is 0 Å². The van der Waals surface area contributed by atoms with Crippen LogP contribution in [0.2, 0.25) is 0 Å². The maximum Gasteiger partial charge on any atom is 0.510 e. The summed E-state index contributed by atoms with van der Waals surface area (Å²) in [5.74, 6) is 4.68. The highest BCUT2D eigenvalue weighted by Crippen LogP contribution is 2.42. The van der Waals surface area contributed by atoms with Crippen LogP contribution in [0, 0.1) is 11.8 Å². The molecule has 7 rings (SSSR count). The highest BCUT2D eigenvalue weighted by molar-refractivity contribution is 7.98. The number of hydrogen-bond donors (Lipinski definition) is 4. The number of Topliss-reactive ketones (excluding diaryl/α,β-unsaturated/α-hetero) is 1. The molecule has 3 aromatic heterocycles. The number of carbonyl (C=O) groups excluding carboxylic acids is 7. The Hall–Kier alpha value is -8.32. The van der Waals surface area contributed by atoms with Gasteiger partial charge in [-0.3, -0.25) is 28.8 Å². The molecule has 0 fully saturated rings. The zero-order valence-corrected chi connectivity index (χ0v) is 63.8. The van der Waals surface area contributed by atoms with Crippen molar-refractivity contribution in [2.75, 3.05) is 151 Å². The Kier molecular flexibility index (Phi) is 40.6. The number of aromatic nitrogens is 4. The zero-order chi connectivity index (χ0) is 77.0. The van der Waals surface area contributed by atoms with Crippen molar-refractivity contribution in [3.05, 3.63) is 111 Å². The number of amides is 4. The first-order valence-corrected chi connectivity index (χ1v) is 37.8. The minimum Gasteiger partial charge on any atom is -0.457 e. The molecule has 0 bridgehead atoms. The quantitative estimate of drug-likeness (QED) is 0.00966. The number of thioether (sulfide) groups is 1. The summed E-state index contributed by atoms with van der Waals surface area (Å²) in [6, 6.07) is 15.3. The van der Waals surface area contributed by atoms with E-state index >= 15 is 0 Å². The molecule has 0 spiro atoms. The Morgan fingerprint density at radius 3 is 1.95 bits per heavy atom. The summed E-state index contributed by atoms with van der Waals surface area (Å²) >= 11 is 1.48. The normalized spacial score (nSPS) is 13.6. The molecule has 5 aromatic rings. The summed E-state index contributed by atoms with van der Waals surface area (Å²) in [4.78, 5) is 117. The van der Waals surface area contributed by atoms with E-state index in [1.807, 2.05) is 44.4 Å². The molecule has 0 saturated carbocycles. The first-order chi connectivity index (χ1) is 52.0. The molecule has 2 atom stereocenters. The average molecular weight is 1510 g/mol. The number of nitrogens with one attached hydrogen (secondary N) is 3. The molecule has 29 nitrogen and oxygen atoms in total. The molecule has 0 saturated heterocycles. The Morgan fingerprint density at radius 2 is 1.37 bits per heavy atom. The van der Waals surface area contributed by atoms with Crippen molar-refractivity contribution in [1.82, 2.24) is 35.1 Å². The molecule has 107 heavy (non-hydrogen) atoms. The lowest BCUT2D eigenvalue weighted by molar-refractivity contribution is -0.175. The van der Waals surface area contributed by atoms with E-state index in [-0.39, 0.29) is 91.3 Å². The molecule has 2 aromatic carbocycles. The summed E-state index contributed by atoms with van der Waals surface area (Å²) in [6.07, 6.45) is 9.69. The van der Waals surface area contributed by atoms with Crippen LogP contribution in [0.3, 0.4) is 0 Å². The monoisotopic (exact) mass is 1510 g/mol. The maximum absolute atomic E-state index is 14.3. The van der Waals surface area contributed by atoms with Gasteiger partial charge in [-0.15, -0.1) is 0 Å². The van der Waals surface area contributed by atoms with Crippen molar-refractivity contribution in [2.45, 2.75) is 148 Å². The third kappa shape index (κ3) is 30.0. The second kappa shape index (κ2) is 49.6. The number of ketones is 1. The van der Waals surface area contributed by atoms with Crippen LogP contribution >= 0.6 is 11.8 Å². The van der Waals surface area contributed by atoms with Crippen molar-refractivity contribution in [2.24, 2.45) is 5.73 Å². The van der Waals surface area contributed by atoms with Gasteiger partial charge in [0.15, 0.2) is 10.9 Å². The van der Waals surface area contributed by atoms with E-state index in [1.54, 1.807) is 73.0 Å². The van der Waals surface area contributed by atoms with Crippen LogP contribution in [0.15, 0.2) is 76.9 Å². The van der Waals surface area contributed by atoms with Gasteiger partial charge >= 0.3 is 12.1 Å². The van der Waals surface area contributed by atoms with Crippen LogP contribution in [0.4, 0.5) is 10.5 Å². The minimum atomic E-state index is -1.97. The molecule has 0 radical (unpaired) electrons. The number of rotatable bonds is 50. The van der Waals surface area contributed by atoms with Gasteiger partial charge < -0.3 is 88.0 Å². The molecule has 5 N–H and O–H groups in total. The number of para-hydroxylation sites is 1. The molecule has 2 aliphatic rings. The number of methoxy groups -OCH3 is 1. The van der Waals surface area contributed by atoms with Gasteiger partial charge in [-0.25, -0.2) is 24.5 Å². The first-order valence-electron chi connectivity index (χ1n) is 36.6. The molecule has 0 aliphatic carbocycles. The zero-order valence-electron chi connectivity index (χ0n) is 62.9. The fraction of sp³-hybridized carbons (Fsp3) is 0.571. The third-order valence-corrected chi connectivity index (χ3v) is 17.6. The van der Waals surface area contributed by atoms with Gasteiger partial charge in [-0.05, 0) is 107 Å². The van der Waals surface area contributed by atoms with E-state index in [0.29, 0.717) is 199 Å². The second-order valence-electron chi connectivity index (χ2n) is 25.1. The van der Waals surface area contributed by atoms with Gasteiger partial charge in [0, 0.05) is 100 Å². The highest BCUT2D eigenvalue weighted by atomic mass is 32.2. The largest absolute Gasteiger partial charge is 0.510 e. The molecular weight excluding hydrogens is 1400 g/mol. The van der Waals surface area contributed by atoms with Crippen molar-refractivity contribution < 1.29 is 90.4 Å². The average Bonchev–Trinajstić information content (AvgIpc) is 1.63. The van der Waals surface area contributed by atoms with Crippen LogP contribution in [0.5, 0.6) is 0 Å². The minimum absolute atomic E-state index is 0.00403. The summed E-state index contributed by atoms with van der Waals surface area (Å²) in [5, 5.41) is 10.1. The summed E-state index contributed by atoms with van der Waals surface area (Å²) in [7, 11) is 1.51. The number of nitrogens with two attached hydrogens (primary N) is 1. The maximum atomic E-state index is 14.3. The molecule has 30 heteroatoms. The lowest BCUT2D eigenvalue weighted by Crippen LogP contribution is -2.47.